The molecule has 0 aliphatic heterocycles. The molecule has 0 aliphatic rings. The Morgan fingerprint density at radius 1 is 1.33 bits per heavy atom. The van der Waals surface area contributed by atoms with Crippen LogP contribution in [0.25, 0.3) is 0 Å². The zero-order valence-electron chi connectivity index (χ0n) is 10.7. The highest BCUT2D eigenvalue weighted by molar-refractivity contribution is 5.57. The number of unbranched alkanes of at least 4 members (excludes halogenated alkanes) is 1. The Kier molecular flexibility index (Phi) is 7.67. The van der Waals surface area contributed by atoms with E-state index in [2.05, 4.69) is 13.8 Å². The van der Waals surface area contributed by atoms with Crippen molar-refractivity contribution >= 4 is 6.29 Å². The standard InChI is InChI=1S/C13H26O2/c1-5-7-8-12(6-2)9-15-11-13(3,4)10-14/h10,12H,5-9,11H2,1-4H3. The summed E-state index contributed by atoms with van der Waals surface area (Å²) in [6.45, 7) is 9.57. The second kappa shape index (κ2) is 7.86. The van der Waals surface area contributed by atoms with Crippen LogP contribution in [0.5, 0.6) is 0 Å². The van der Waals surface area contributed by atoms with E-state index in [0.29, 0.717) is 12.5 Å². The van der Waals surface area contributed by atoms with Crippen LogP contribution < -0.4 is 0 Å². The van der Waals surface area contributed by atoms with Crippen LogP contribution in [-0.4, -0.2) is 19.5 Å². The quantitative estimate of drug-likeness (QED) is 0.550. The normalized spacial score (nSPS) is 13.9. The molecule has 0 aromatic rings. The number of hydrogen-bond donors (Lipinski definition) is 0. The van der Waals surface area contributed by atoms with Crippen LogP contribution in [0.4, 0.5) is 0 Å². The second-order valence-corrected chi connectivity index (χ2v) is 5.04. The lowest BCUT2D eigenvalue weighted by atomic mass is 9.97. The third kappa shape index (κ3) is 7.55. The summed E-state index contributed by atoms with van der Waals surface area (Å²) in [6, 6.07) is 0. The highest BCUT2D eigenvalue weighted by Crippen LogP contribution is 2.16. The fraction of sp³-hybridized carbons (Fsp3) is 0.923. The number of aldehydes is 1. The van der Waals surface area contributed by atoms with Crippen molar-refractivity contribution in [2.75, 3.05) is 13.2 Å². The van der Waals surface area contributed by atoms with Crippen molar-refractivity contribution in [3.63, 3.8) is 0 Å². The van der Waals surface area contributed by atoms with Gasteiger partial charge in [-0.3, -0.25) is 0 Å². The summed E-state index contributed by atoms with van der Waals surface area (Å²) >= 11 is 0. The molecule has 15 heavy (non-hydrogen) atoms. The maximum Gasteiger partial charge on any atom is 0.127 e. The van der Waals surface area contributed by atoms with Crippen molar-refractivity contribution in [1.29, 1.82) is 0 Å². The SMILES string of the molecule is CCCCC(CC)COCC(C)(C)C=O. The van der Waals surface area contributed by atoms with Crippen LogP contribution in [0.1, 0.15) is 53.4 Å². The number of hydrogen-bond acceptors (Lipinski definition) is 2. The van der Waals surface area contributed by atoms with Crippen molar-refractivity contribution in [3.05, 3.63) is 0 Å². The third-order valence-electron chi connectivity index (χ3n) is 2.69. The molecule has 0 heterocycles. The first-order valence-corrected chi connectivity index (χ1v) is 6.09. The van der Waals surface area contributed by atoms with E-state index in [1.807, 2.05) is 13.8 Å². The van der Waals surface area contributed by atoms with Crippen LogP contribution in [0.3, 0.4) is 0 Å². The van der Waals surface area contributed by atoms with E-state index in [1.54, 1.807) is 0 Å². The van der Waals surface area contributed by atoms with E-state index in [9.17, 15) is 4.79 Å². The minimum atomic E-state index is -0.330. The van der Waals surface area contributed by atoms with Crippen LogP contribution >= 0.6 is 0 Å². The van der Waals surface area contributed by atoms with Crippen molar-refractivity contribution in [2.24, 2.45) is 11.3 Å². The van der Waals surface area contributed by atoms with Crippen LogP contribution in [0.15, 0.2) is 0 Å². The topological polar surface area (TPSA) is 26.3 Å². The Morgan fingerprint density at radius 2 is 2.00 bits per heavy atom. The molecule has 0 aliphatic carbocycles. The molecule has 0 aromatic carbocycles. The first-order chi connectivity index (χ1) is 7.05. The molecule has 0 aromatic heterocycles. The lowest BCUT2D eigenvalue weighted by Crippen LogP contribution is -2.23. The molecule has 2 heteroatoms. The molecule has 0 N–H and O–H groups in total. The average molecular weight is 214 g/mol. The van der Waals surface area contributed by atoms with Crippen molar-refractivity contribution in [2.45, 2.75) is 53.4 Å². The summed E-state index contributed by atoms with van der Waals surface area (Å²) in [4.78, 5) is 10.7. The lowest BCUT2D eigenvalue weighted by molar-refractivity contribution is -0.118. The van der Waals surface area contributed by atoms with Gasteiger partial charge in [-0.1, -0.05) is 47.0 Å². The van der Waals surface area contributed by atoms with Crippen molar-refractivity contribution < 1.29 is 9.53 Å². The molecule has 0 spiro atoms. The van der Waals surface area contributed by atoms with E-state index in [0.717, 1.165) is 12.9 Å². The number of ether oxygens (including phenoxy) is 1. The predicted octanol–water partition coefficient (Wildman–Crippen LogP) is 3.44. The zero-order valence-corrected chi connectivity index (χ0v) is 10.7. The minimum Gasteiger partial charge on any atom is -0.380 e. The molecule has 0 radical (unpaired) electrons. The number of carbonyl (C=O) groups is 1. The molecule has 0 amide bonds. The summed E-state index contributed by atoms with van der Waals surface area (Å²) in [5, 5.41) is 0. The first kappa shape index (κ1) is 14.6. The van der Waals surface area contributed by atoms with Gasteiger partial charge in [-0.05, 0) is 12.3 Å². The molecule has 1 atom stereocenters. The third-order valence-corrected chi connectivity index (χ3v) is 2.69. The molecule has 0 saturated carbocycles. The second-order valence-electron chi connectivity index (χ2n) is 5.04. The Hall–Kier alpha value is -0.370. The van der Waals surface area contributed by atoms with Crippen LogP contribution in [0, 0.1) is 11.3 Å². The van der Waals surface area contributed by atoms with Crippen molar-refractivity contribution in [3.8, 4) is 0 Å². The predicted molar refractivity (Wildman–Crippen MR) is 64.0 cm³/mol. The Labute approximate surface area is 94.4 Å². The lowest BCUT2D eigenvalue weighted by Gasteiger charge is -2.20. The van der Waals surface area contributed by atoms with Gasteiger partial charge in [0.15, 0.2) is 0 Å². The van der Waals surface area contributed by atoms with E-state index >= 15 is 0 Å². The monoisotopic (exact) mass is 214 g/mol. The molecular weight excluding hydrogens is 188 g/mol. The van der Waals surface area contributed by atoms with Gasteiger partial charge >= 0.3 is 0 Å². The molecule has 0 fully saturated rings. The fourth-order valence-electron chi connectivity index (χ4n) is 1.42. The number of carbonyl (C=O) groups excluding carboxylic acids is 1. The minimum absolute atomic E-state index is 0.330. The van der Waals surface area contributed by atoms with Gasteiger partial charge in [0.1, 0.15) is 6.29 Å². The van der Waals surface area contributed by atoms with Gasteiger partial charge < -0.3 is 9.53 Å². The fourth-order valence-corrected chi connectivity index (χ4v) is 1.42. The summed E-state index contributed by atoms with van der Waals surface area (Å²) < 4.78 is 5.61. The van der Waals surface area contributed by atoms with Crippen LogP contribution in [-0.2, 0) is 9.53 Å². The van der Waals surface area contributed by atoms with Gasteiger partial charge in [-0.2, -0.15) is 0 Å². The summed E-state index contributed by atoms with van der Waals surface area (Å²) in [7, 11) is 0. The molecule has 1 unspecified atom stereocenters. The largest absolute Gasteiger partial charge is 0.380 e. The summed E-state index contributed by atoms with van der Waals surface area (Å²) in [6.07, 6.45) is 5.91. The van der Waals surface area contributed by atoms with Crippen LogP contribution in [0.2, 0.25) is 0 Å². The van der Waals surface area contributed by atoms with Gasteiger partial charge in [0, 0.05) is 12.0 Å². The van der Waals surface area contributed by atoms with Gasteiger partial charge in [0.05, 0.1) is 6.61 Å². The maximum atomic E-state index is 10.7. The zero-order chi connectivity index (χ0) is 11.7. The molecular formula is C13H26O2. The van der Waals surface area contributed by atoms with E-state index < -0.39 is 0 Å². The van der Waals surface area contributed by atoms with E-state index in [-0.39, 0.29) is 5.41 Å². The number of rotatable bonds is 9. The average Bonchev–Trinajstić information content (AvgIpc) is 2.23. The smallest absolute Gasteiger partial charge is 0.127 e. The van der Waals surface area contributed by atoms with Gasteiger partial charge in [-0.25, -0.2) is 0 Å². The van der Waals surface area contributed by atoms with E-state index in [4.69, 9.17) is 4.74 Å². The van der Waals surface area contributed by atoms with Gasteiger partial charge in [-0.15, -0.1) is 0 Å². The molecule has 0 saturated heterocycles. The molecule has 2 nitrogen and oxygen atoms in total. The Morgan fingerprint density at radius 3 is 2.47 bits per heavy atom. The van der Waals surface area contributed by atoms with Gasteiger partial charge in [0.2, 0.25) is 0 Å². The van der Waals surface area contributed by atoms with E-state index in [1.165, 1.54) is 25.7 Å². The highest BCUT2D eigenvalue weighted by atomic mass is 16.5. The first-order valence-electron chi connectivity index (χ1n) is 6.09. The van der Waals surface area contributed by atoms with Gasteiger partial charge in [0.25, 0.3) is 0 Å². The molecule has 0 rings (SSSR count). The molecule has 90 valence electrons. The maximum absolute atomic E-state index is 10.7. The molecule has 0 bridgehead atoms. The Balaban J connectivity index is 3.67. The highest BCUT2D eigenvalue weighted by Gasteiger charge is 2.17. The summed E-state index contributed by atoms with van der Waals surface area (Å²) in [5.41, 5.74) is -0.330. The van der Waals surface area contributed by atoms with Crippen molar-refractivity contribution in [1.82, 2.24) is 0 Å². The summed E-state index contributed by atoms with van der Waals surface area (Å²) in [5.74, 6) is 0.660. The Bertz CT molecular complexity index is 164.